The predicted octanol–water partition coefficient (Wildman–Crippen LogP) is 0.573. The van der Waals surface area contributed by atoms with Crippen LogP contribution in [0.25, 0.3) is 0 Å². The molecule has 5 nitrogen and oxygen atoms in total. The zero-order valence-corrected chi connectivity index (χ0v) is 9.69. The summed E-state index contributed by atoms with van der Waals surface area (Å²) >= 11 is 0. The number of ether oxygens (including phenoxy) is 1. The second-order valence-electron chi connectivity index (χ2n) is 4.10. The molecule has 0 aliphatic heterocycles. The van der Waals surface area contributed by atoms with Crippen LogP contribution in [0.2, 0.25) is 0 Å². The Kier molecular flexibility index (Phi) is 3.96. The summed E-state index contributed by atoms with van der Waals surface area (Å²) in [6.07, 6.45) is 0.395. The van der Waals surface area contributed by atoms with Gasteiger partial charge in [0.1, 0.15) is 18.8 Å². The van der Waals surface area contributed by atoms with E-state index in [1.165, 1.54) is 6.08 Å². The second-order valence-corrected chi connectivity index (χ2v) is 4.10. The first kappa shape index (κ1) is 12.6. The Morgan fingerprint density at radius 2 is 1.94 bits per heavy atom. The first-order chi connectivity index (χ1) is 8.66. The minimum absolute atomic E-state index is 0.168. The minimum atomic E-state index is -1.02. The highest BCUT2D eigenvalue weighted by atomic mass is 16.5. The van der Waals surface area contributed by atoms with E-state index < -0.39 is 24.3 Å². The van der Waals surface area contributed by atoms with Crippen molar-refractivity contribution in [2.24, 2.45) is 0 Å². The molecule has 0 heterocycles. The fourth-order valence-electron chi connectivity index (χ4n) is 1.71. The number of hydrogen-bond acceptors (Lipinski definition) is 4. The number of carbonyl (C=O) groups excluding carboxylic acids is 1. The Morgan fingerprint density at radius 1 is 1.22 bits per heavy atom. The molecule has 1 amide bonds. The largest absolute Gasteiger partial charge is 0.445 e. The lowest BCUT2D eigenvalue weighted by Gasteiger charge is -2.17. The van der Waals surface area contributed by atoms with Crippen molar-refractivity contribution in [1.82, 2.24) is 5.32 Å². The number of benzene rings is 1. The molecule has 1 aliphatic carbocycles. The highest BCUT2D eigenvalue weighted by Gasteiger charge is 2.29. The average Bonchev–Trinajstić information content (AvgIpc) is 2.70. The number of amides is 1. The van der Waals surface area contributed by atoms with Gasteiger partial charge in [0, 0.05) is 0 Å². The van der Waals surface area contributed by atoms with Crippen LogP contribution in [0.15, 0.2) is 42.5 Å². The first-order valence-corrected chi connectivity index (χ1v) is 5.68. The van der Waals surface area contributed by atoms with Gasteiger partial charge < -0.3 is 20.3 Å². The van der Waals surface area contributed by atoms with Crippen LogP contribution in [-0.4, -0.2) is 34.6 Å². The van der Waals surface area contributed by atoms with E-state index in [1.54, 1.807) is 6.08 Å². The van der Waals surface area contributed by atoms with Crippen molar-refractivity contribution in [3.63, 3.8) is 0 Å². The van der Waals surface area contributed by atoms with Crippen molar-refractivity contribution in [2.45, 2.75) is 24.9 Å². The number of carbonyl (C=O) groups is 1. The second kappa shape index (κ2) is 5.66. The van der Waals surface area contributed by atoms with E-state index in [2.05, 4.69) is 5.32 Å². The number of rotatable bonds is 3. The molecule has 2 rings (SSSR count). The maximum atomic E-state index is 11.5. The van der Waals surface area contributed by atoms with Gasteiger partial charge in [-0.05, 0) is 5.56 Å². The Hall–Kier alpha value is -1.85. The van der Waals surface area contributed by atoms with Crippen LogP contribution in [0.3, 0.4) is 0 Å². The third-order valence-electron chi connectivity index (χ3n) is 2.73. The van der Waals surface area contributed by atoms with Crippen LogP contribution >= 0.6 is 0 Å². The van der Waals surface area contributed by atoms with Crippen molar-refractivity contribution in [3.8, 4) is 0 Å². The van der Waals surface area contributed by atoms with Crippen molar-refractivity contribution in [1.29, 1.82) is 0 Å². The molecule has 96 valence electrons. The molecule has 0 fully saturated rings. The van der Waals surface area contributed by atoms with Crippen LogP contribution in [0.4, 0.5) is 4.79 Å². The van der Waals surface area contributed by atoms with Crippen molar-refractivity contribution in [2.75, 3.05) is 0 Å². The van der Waals surface area contributed by atoms with Crippen molar-refractivity contribution < 1.29 is 19.7 Å². The Labute approximate surface area is 105 Å². The van der Waals surface area contributed by atoms with Gasteiger partial charge in [-0.3, -0.25) is 0 Å². The van der Waals surface area contributed by atoms with E-state index in [-0.39, 0.29) is 6.61 Å². The summed E-state index contributed by atoms with van der Waals surface area (Å²) in [6, 6.07) is 8.68. The molecule has 0 aromatic heterocycles. The number of hydrogen-bond donors (Lipinski definition) is 3. The van der Waals surface area contributed by atoms with Gasteiger partial charge >= 0.3 is 6.09 Å². The highest BCUT2D eigenvalue weighted by molar-refractivity contribution is 5.68. The number of aliphatic hydroxyl groups excluding tert-OH is 2. The summed E-state index contributed by atoms with van der Waals surface area (Å²) in [5.74, 6) is 0. The highest BCUT2D eigenvalue weighted by Crippen LogP contribution is 2.11. The molecule has 3 N–H and O–H groups in total. The van der Waals surface area contributed by atoms with Crippen LogP contribution in [-0.2, 0) is 11.3 Å². The lowest BCUT2D eigenvalue weighted by molar-refractivity contribution is 0.0422. The topological polar surface area (TPSA) is 78.8 Å². The monoisotopic (exact) mass is 249 g/mol. The fourth-order valence-corrected chi connectivity index (χ4v) is 1.71. The van der Waals surface area contributed by atoms with E-state index in [0.717, 1.165) is 5.56 Å². The molecule has 18 heavy (non-hydrogen) atoms. The predicted molar refractivity (Wildman–Crippen MR) is 64.7 cm³/mol. The molecule has 0 radical (unpaired) electrons. The third kappa shape index (κ3) is 3.09. The number of alkyl carbamates (subject to hydrolysis) is 1. The Morgan fingerprint density at radius 3 is 2.56 bits per heavy atom. The molecule has 0 spiro atoms. The summed E-state index contributed by atoms with van der Waals surface area (Å²) in [5.41, 5.74) is 0.884. The van der Waals surface area contributed by atoms with Crippen LogP contribution in [0.5, 0.6) is 0 Å². The number of aliphatic hydroxyl groups is 2. The van der Waals surface area contributed by atoms with E-state index in [4.69, 9.17) is 4.74 Å². The molecule has 0 bridgehead atoms. The molecule has 0 saturated heterocycles. The molecule has 5 heteroatoms. The van der Waals surface area contributed by atoms with Gasteiger partial charge in [0.25, 0.3) is 0 Å². The number of nitrogens with one attached hydrogen (secondary N) is 1. The van der Waals surface area contributed by atoms with Crippen LogP contribution < -0.4 is 5.32 Å². The van der Waals surface area contributed by atoms with Crippen molar-refractivity contribution >= 4 is 6.09 Å². The zero-order valence-electron chi connectivity index (χ0n) is 9.69. The van der Waals surface area contributed by atoms with E-state index in [0.29, 0.717) is 0 Å². The molecule has 1 aromatic carbocycles. The van der Waals surface area contributed by atoms with Gasteiger partial charge in [-0.25, -0.2) is 4.79 Å². The lowest BCUT2D eigenvalue weighted by Crippen LogP contribution is -2.43. The summed E-state index contributed by atoms with van der Waals surface area (Å²) in [5, 5.41) is 21.2. The Bertz CT molecular complexity index is 432. The summed E-state index contributed by atoms with van der Waals surface area (Å²) < 4.78 is 5.00. The van der Waals surface area contributed by atoms with Crippen LogP contribution in [0, 0.1) is 0 Å². The van der Waals surface area contributed by atoms with Crippen LogP contribution in [0.1, 0.15) is 5.56 Å². The smallest absolute Gasteiger partial charge is 0.408 e. The molecular weight excluding hydrogens is 234 g/mol. The molecular formula is C13H15NO4. The van der Waals surface area contributed by atoms with E-state index >= 15 is 0 Å². The quantitative estimate of drug-likeness (QED) is 0.684. The van der Waals surface area contributed by atoms with Gasteiger partial charge in [0.15, 0.2) is 0 Å². The summed E-state index contributed by atoms with van der Waals surface area (Å²) in [4.78, 5) is 11.5. The maximum Gasteiger partial charge on any atom is 0.408 e. The van der Waals surface area contributed by atoms with E-state index in [9.17, 15) is 15.0 Å². The fraction of sp³-hybridized carbons (Fsp3) is 0.308. The third-order valence-corrected chi connectivity index (χ3v) is 2.73. The first-order valence-electron chi connectivity index (χ1n) is 5.68. The summed E-state index contributed by atoms with van der Waals surface area (Å²) in [7, 11) is 0. The van der Waals surface area contributed by atoms with Crippen molar-refractivity contribution in [3.05, 3.63) is 48.0 Å². The van der Waals surface area contributed by atoms with Gasteiger partial charge in [-0.1, -0.05) is 42.5 Å². The standard InChI is InChI=1S/C13H15NO4/c15-11-7-6-10(12(11)16)14-13(17)18-8-9-4-2-1-3-5-9/h1-7,10-12,15-16H,8H2,(H,14,17)/t10-,11-,12-/m1/s1. The zero-order chi connectivity index (χ0) is 13.0. The molecule has 0 unspecified atom stereocenters. The average molecular weight is 249 g/mol. The van der Waals surface area contributed by atoms with Gasteiger partial charge in [0.05, 0.1) is 6.04 Å². The van der Waals surface area contributed by atoms with Gasteiger partial charge in [-0.15, -0.1) is 0 Å². The molecule has 3 atom stereocenters. The normalized spacial score (nSPS) is 26.0. The minimum Gasteiger partial charge on any atom is -0.445 e. The SMILES string of the molecule is O=C(N[C@@H]1C=C[C@@H](O)[C@@H]1O)OCc1ccccc1. The van der Waals surface area contributed by atoms with Gasteiger partial charge in [0.2, 0.25) is 0 Å². The molecule has 1 aliphatic rings. The molecule has 0 saturated carbocycles. The lowest BCUT2D eigenvalue weighted by atomic mass is 10.2. The summed E-state index contributed by atoms with van der Waals surface area (Å²) in [6.45, 7) is 0.168. The van der Waals surface area contributed by atoms with Gasteiger partial charge in [-0.2, -0.15) is 0 Å². The molecule has 1 aromatic rings. The van der Waals surface area contributed by atoms with E-state index in [1.807, 2.05) is 30.3 Å². The maximum absolute atomic E-state index is 11.5. The Balaban J connectivity index is 1.78.